The number of oxazole rings is 1. The molecule has 0 saturated carbocycles. The van der Waals surface area contributed by atoms with Crippen molar-refractivity contribution in [2.45, 2.75) is 20.8 Å². The predicted molar refractivity (Wildman–Crippen MR) is 168 cm³/mol. The lowest BCUT2D eigenvalue weighted by Gasteiger charge is -2.19. The average molecular weight is 514 g/mol. The summed E-state index contributed by atoms with van der Waals surface area (Å²) in [5, 5.41) is 7.48. The van der Waals surface area contributed by atoms with E-state index in [1.807, 2.05) is 6.07 Å². The predicted octanol–water partition coefficient (Wildman–Crippen LogP) is 10.7. The summed E-state index contributed by atoms with van der Waals surface area (Å²) in [5.74, 6) is 0.660. The first kappa shape index (κ1) is 23.0. The number of aryl methyl sites for hydroxylation is 3. The molecule has 0 saturated heterocycles. The second-order valence-electron chi connectivity index (χ2n) is 11.0. The summed E-state index contributed by atoms with van der Waals surface area (Å²) in [4.78, 5) is 4.97. The first-order valence-corrected chi connectivity index (χ1v) is 13.8. The molecule has 2 nitrogen and oxygen atoms in total. The minimum absolute atomic E-state index is 0.660. The molecule has 0 aliphatic rings. The van der Waals surface area contributed by atoms with Gasteiger partial charge in [0, 0.05) is 5.56 Å². The van der Waals surface area contributed by atoms with Gasteiger partial charge in [-0.15, -0.1) is 0 Å². The SMILES string of the molecule is Cc1ccc2nc(-c3cc(-c4ccccc4C)c4ccc5ccc(-c6ccccc6C)c6ccc3c4c56)oc2c1. The molecule has 0 aliphatic carbocycles. The van der Waals surface area contributed by atoms with Gasteiger partial charge in [-0.1, -0.05) is 91.0 Å². The van der Waals surface area contributed by atoms with E-state index in [9.17, 15) is 0 Å². The lowest BCUT2D eigenvalue weighted by molar-refractivity contribution is 0.620. The Balaban J connectivity index is 1.54. The molecule has 1 aromatic heterocycles. The van der Waals surface area contributed by atoms with Crippen molar-refractivity contribution >= 4 is 43.4 Å². The van der Waals surface area contributed by atoms with Gasteiger partial charge >= 0.3 is 0 Å². The zero-order chi connectivity index (χ0) is 27.0. The fourth-order valence-electron chi connectivity index (χ4n) is 6.43. The van der Waals surface area contributed by atoms with Crippen molar-refractivity contribution in [1.82, 2.24) is 4.98 Å². The van der Waals surface area contributed by atoms with Gasteiger partial charge in [-0.3, -0.25) is 0 Å². The van der Waals surface area contributed by atoms with Crippen LogP contribution in [0, 0.1) is 20.8 Å². The van der Waals surface area contributed by atoms with Crippen molar-refractivity contribution in [2.75, 3.05) is 0 Å². The van der Waals surface area contributed by atoms with Crippen molar-refractivity contribution in [2.24, 2.45) is 0 Å². The van der Waals surface area contributed by atoms with E-state index in [4.69, 9.17) is 9.40 Å². The summed E-state index contributed by atoms with van der Waals surface area (Å²) >= 11 is 0. The molecule has 0 bridgehead atoms. The molecular weight excluding hydrogens is 486 g/mol. The molecule has 0 N–H and O–H groups in total. The summed E-state index contributed by atoms with van der Waals surface area (Å²) in [7, 11) is 0. The van der Waals surface area contributed by atoms with Crippen LogP contribution < -0.4 is 0 Å². The molecule has 0 atom stereocenters. The van der Waals surface area contributed by atoms with Crippen LogP contribution in [0.1, 0.15) is 16.7 Å². The highest BCUT2D eigenvalue weighted by atomic mass is 16.3. The standard InChI is InChI=1S/C38H27NO/c1-22-12-19-34-35(20-22)40-38(39-34)33-21-32(27-11-7-5-9-24(27)3)30-16-14-25-13-15-28(26-10-6-4-8-23(26)2)29-17-18-31(33)37(30)36(25)29/h4-21H,1-3H3. The van der Waals surface area contributed by atoms with Crippen LogP contribution in [-0.2, 0) is 0 Å². The fourth-order valence-corrected chi connectivity index (χ4v) is 6.43. The van der Waals surface area contributed by atoms with E-state index in [0.29, 0.717) is 5.89 Å². The number of fused-ring (bicyclic) bond motifs is 1. The highest BCUT2D eigenvalue weighted by Gasteiger charge is 2.21. The van der Waals surface area contributed by atoms with Gasteiger partial charge < -0.3 is 4.42 Å². The summed E-state index contributed by atoms with van der Waals surface area (Å²) < 4.78 is 6.44. The topological polar surface area (TPSA) is 26.0 Å². The van der Waals surface area contributed by atoms with Gasteiger partial charge in [0.15, 0.2) is 5.58 Å². The van der Waals surface area contributed by atoms with Crippen molar-refractivity contribution in [3.05, 3.63) is 126 Å². The third-order valence-corrected chi connectivity index (χ3v) is 8.43. The number of hydrogen-bond acceptors (Lipinski definition) is 2. The number of rotatable bonds is 3. The Morgan fingerprint density at radius 3 is 1.88 bits per heavy atom. The van der Waals surface area contributed by atoms with E-state index >= 15 is 0 Å². The van der Waals surface area contributed by atoms with Crippen molar-refractivity contribution in [1.29, 1.82) is 0 Å². The second-order valence-corrected chi connectivity index (χ2v) is 11.0. The van der Waals surface area contributed by atoms with Crippen LogP contribution in [0.25, 0.3) is 77.1 Å². The van der Waals surface area contributed by atoms with Gasteiger partial charge in [-0.25, -0.2) is 4.98 Å². The van der Waals surface area contributed by atoms with Crippen molar-refractivity contribution in [3.8, 4) is 33.7 Å². The molecule has 1 heterocycles. The summed E-state index contributed by atoms with van der Waals surface area (Å²) in [6.45, 7) is 6.46. The van der Waals surface area contributed by atoms with E-state index in [-0.39, 0.29) is 0 Å². The van der Waals surface area contributed by atoms with Crippen LogP contribution in [0.2, 0.25) is 0 Å². The highest BCUT2D eigenvalue weighted by Crippen LogP contribution is 2.46. The fraction of sp³-hybridized carbons (Fsp3) is 0.0789. The maximum absolute atomic E-state index is 6.44. The second kappa shape index (κ2) is 8.53. The molecular formula is C38H27NO. The third kappa shape index (κ3) is 3.32. The Morgan fingerprint density at radius 2 is 1.12 bits per heavy atom. The summed E-state index contributed by atoms with van der Waals surface area (Å²) in [5.41, 5.74) is 11.4. The van der Waals surface area contributed by atoms with Gasteiger partial charge in [0.1, 0.15) is 5.52 Å². The monoisotopic (exact) mass is 513 g/mol. The van der Waals surface area contributed by atoms with Gasteiger partial charge in [0.2, 0.25) is 5.89 Å². The molecule has 40 heavy (non-hydrogen) atoms. The molecule has 7 aromatic carbocycles. The highest BCUT2D eigenvalue weighted by molar-refractivity contribution is 6.29. The van der Waals surface area contributed by atoms with Crippen LogP contribution in [-0.4, -0.2) is 4.98 Å². The number of benzene rings is 7. The Labute approximate surface area is 232 Å². The third-order valence-electron chi connectivity index (χ3n) is 8.43. The van der Waals surface area contributed by atoms with E-state index in [1.165, 1.54) is 60.3 Å². The minimum Gasteiger partial charge on any atom is -0.436 e. The summed E-state index contributed by atoms with van der Waals surface area (Å²) in [6, 6.07) is 39.4. The van der Waals surface area contributed by atoms with Crippen molar-refractivity contribution in [3.63, 3.8) is 0 Å². The Kier molecular flexibility index (Phi) is 4.90. The molecule has 2 heteroatoms. The Morgan fingerprint density at radius 1 is 0.500 bits per heavy atom. The molecule has 0 radical (unpaired) electrons. The van der Waals surface area contributed by atoms with Gasteiger partial charge in [-0.05, 0) is 110 Å². The van der Waals surface area contributed by atoms with Gasteiger partial charge in [0.05, 0.1) is 0 Å². The van der Waals surface area contributed by atoms with E-state index in [0.717, 1.165) is 27.6 Å². The van der Waals surface area contributed by atoms with E-state index in [1.54, 1.807) is 0 Å². The average Bonchev–Trinajstić information content (AvgIpc) is 3.39. The van der Waals surface area contributed by atoms with Crippen LogP contribution in [0.3, 0.4) is 0 Å². The largest absolute Gasteiger partial charge is 0.436 e. The summed E-state index contributed by atoms with van der Waals surface area (Å²) in [6.07, 6.45) is 0. The quantitative estimate of drug-likeness (QED) is 0.220. The first-order valence-electron chi connectivity index (χ1n) is 13.8. The number of aromatic nitrogens is 1. The van der Waals surface area contributed by atoms with Crippen molar-refractivity contribution < 1.29 is 4.42 Å². The van der Waals surface area contributed by atoms with Gasteiger partial charge in [0.25, 0.3) is 0 Å². The van der Waals surface area contributed by atoms with Crippen LogP contribution in [0.4, 0.5) is 0 Å². The molecule has 190 valence electrons. The first-order chi connectivity index (χ1) is 19.6. The van der Waals surface area contributed by atoms with Crippen LogP contribution in [0.15, 0.2) is 114 Å². The molecule has 0 unspecified atom stereocenters. The smallest absolute Gasteiger partial charge is 0.227 e. The zero-order valence-electron chi connectivity index (χ0n) is 22.7. The Hall–Kier alpha value is -4.95. The lowest BCUT2D eigenvalue weighted by Crippen LogP contribution is -1.93. The van der Waals surface area contributed by atoms with E-state index in [2.05, 4.69) is 124 Å². The molecule has 8 aromatic rings. The maximum Gasteiger partial charge on any atom is 0.227 e. The molecule has 0 aliphatic heterocycles. The molecule has 0 amide bonds. The normalized spacial score (nSPS) is 11.9. The number of hydrogen-bond donors (Lipinski definition) is 0. The Bertz CT molecular complexity index is 2250. The van der Waals surface area contributed by atoms with Crippen LogP contribution >= 0.6 is 0 Å². The van der Waals surface area contributed by atoms with Gasteiger partial charge in [-0.2, -0.15) is 0 Å². The minimum atomic E-state index is 0.660. The molecule has 0 fully saturated rings. The maximum atomic E-state index is 6.44. The lowest BCUT2D eigenvalue weighted by atomic mass is 9.84. The van der Waals surface area contributed by atoms with E-state index < -0.39 is 0 Å². The van der Waals surface area contributed by atoms with Crippen LogP contribution in [0.5, 0.6) is 0 Å². The number of nitrogens with zero attached hydrogens (tertiary/aromatic N) is 1. The molecule has 8 rings (SSSR count). The zero-order valence-corrected chi connectivity index (χ0v) is 22.7. The molecule has 0 spiro atoms.